The van der Waals surface area contributed by atoms with Gasteiger partial charge in [-0.2, -0.15) is 0 Å². The van der Waals surface area contributed by atoms with Crippen LogP contribution in [0.15, 0.2) is 60.0 Å². The van der Waals surface area contributed by atoms with Gasteiger partial charge in [-0.3, -0.25) is 14.6 Å². The highest BCUT2D eigenvalue weighted by Crippen LogP contribution is 2.25. The van der Waals surface area contributed by atoms with Crippen molar-refractivity contribution in [3.05, 3.63) is 76.8 Å². The van der Waals surface area contributed by atoms with E-state index in [1.165, 1.54) is 11.1 Å². The molecule has 2 aliphatic rings. The molecule has 0 unspecified atom stereocenters. The van der Waals surface area contributed by atoms with E-state index < -0.39 is 0 Å². The second-order valence-corrected chi connectivity index (χ2v) is 10.6. The van der Waals surface area contributed by atoms with Gasteiger partial charge >= 0.3 is 0 Å². The van der Waals surface area contributed by atoms with Crippen molar-refractivity contribution in [2.45, 2.75) is 19.5 Å². The number of hydrogen-bond acceptors (Lipinski definition) is 6. The molecular weight excluding hydrogens is 454 g/mol. The summed E-state index contributed by atoms with van der Waals surface area (Å²) in [5.74, 6) is 0.184. The van der Waals surface area contributed by atoms with Gasteiger partial charge in [0.2, 0.25) is 5.91 Å². The first-order valence-corrected chi connectivity index (χ1v) is 13.5. The average molecular weight is 490 g/mol. The van der Waals surface area contributed by atoms with Gasteiger partial charge in [0.05, 0.1) is 12.1 Å². The molecule has 6 nitrogen and oxygen atoms in total. The van der Waals surface area contributed by atoms with Crippen molar-refractivity contribution >= 4 is 17.2 Å². The predicted octanol–water partition coefficient (Wildman–Crippen LogP) is 3.44. The molecule has 0 radical (unpaired) electrons. The van der Waals surface area contributed by atoms with E-state index in [1.54, 1.807) is 11.3 Å². The third-order valence-corrected chi connectivity index (χ3v) is 8.00. The predicted molar refractivity (Wildman–Crippen MR) is 142 cm³/mol. The Labute approximate surface area is 212 Å². The van der Waals surface area contributed by atoms with E-state index in [2.05, 4.69) is 76.3 Å². The summed E-state index contributed by atoms with van der Waals surface area (Å²) < 4.78 is 0. The topological polar surface area (TPSA) is 42.9 Å². The van der Waals surface area contributed by atoms with E-state index in [1.807, 2.05) is 10.3 Å². The standard InChI is InChI=1S/C28H35N5OS/c1-30-11-13-31(14-12-30)21-24-7-9-25(10-8-24)28-29-26(22-35-28)19-27(34)33-17-15-32(16-18-33)20-23-5-3-2-4-6-23/h2-10,22H,11-21H2,1H3. The summed E-state index contributed by atoms with van der Waals surface area (Å²) in [4.78, 5) is 27.0. The van der Waals surface area contributed by atoms with Crippen LogP contribution in [0.2, 0.25) is 0 Å². The average Bonchev–Trinajstić information content (AvgIpc) is 3.35. The fraction of sp³-hybridized carbons (Fsp3) is 0.429. The van der Waals surface area contributed by atoms with Gasteiger partial charge in [-0.05, 0) is 18.2 Å². The first-order valence-electron chi connectivity index (χ1n) is 12.6. The molecular formula is C28H35N5OS. The highest BCUT2D eigenvalue weighted by molar-refractivity contribution is 7.13. The molecule has 0 saturated carbocycles. The number of aromatic nitrogens is 1. The Morgan fingerprint density at radius 1 is 0.800 bits per heavy atom. The molecule has 0 aliphatic carbocycles. The molecule has 3 heterocycles. The SMILES string of the molecule is CN1CCN(Cc2ccc(-c3nc(CC(=O)N4CCN(Cc5ccccc5)CC4)cs3)cc2)CC1. The van der Waals surface area contributed by atoms with Gasteiger partial charge < -0.3 is 9.80 Å². The Kier molecular flexibility index (Phi) is 7.88. The maximum Gasteiger partial charge on any atom is 0.228 e. The van der Waals surface area contributed by atoms with E-state index in [4.69, 9.17) is 4.98 Å². The number of likely N-dealkylation sites (N-methyl/N-ethyl adjacent to an activating group) is 1. The number of nitrogens with zero attached hydrogens (tertiary/aromatic N) is 5. The van der Waals surface area contributed by atoms with E-state index in [0.29, 0.717) is 6.42 Å². The lowest BCUT2D eigenvalue weighted by Crippen LogP contribution is -2.48. The minimum atomic E-state index is 0.184. The van der Waals surface area contributed by atoms with Crippen LogP contribution < -0.4 is 0 Å². The van der Waals surface area contributed by atoms with Crippen LogP contribution in [0.5, 0.6) is 0 Å². The fourth-order valence-corrected chi connectivity index (χ4v) is 5.63. The molecule has 2 saturated heterocycles. The van der Waals surface area contributed by atoms with Gasteiger partial charge in [0.25, 0.3) is 0 Å². The van der Waals surface area contributed by atoms with Crippen LogP contribution in [0.25, 0.3) is 10.6 Å². The summed E-state index contributed by atoms with van der Waals surface area (Å²) in [7, 11) is 2.19. The first kappa shape index (κ1) is 24.1. The molecule has 2 aliphatic heterocycles. The number of thiazole rings is 1. The fourth-order valence-electron chi connectivity index (χ4n) is 4.80. The Bertz CT molecular complexity index is 1080. The molecule has 0 atom stereocenters. The maximum absolute atomic E-state index is 12.9. The summed E-state index contributed by atoms with van der Waals surface area (Å²) >= 11 is 1.63. The summed E-state index contributed by atoms with van der Waals surface area (Å²) in [6.07, 6.45) is 0.386. The van der Waals surface area contributed by atoms with E-state index in [0.717, 1.165) is 81.7 Å². The van der Waals surface area contributed by atoms with Crippen LogP contribution >= 0.6 is 11.3 Å². The Balaban J connectivity index is 1.10. The molecule has 2 fully saturated rings. The smallest absolute Gasteiger partial charge is 0.228 e. The zero-order valence-corrected chi connectivity index (χ0v) is 21.4. The van der Waals surface area contributed by atoms with Crippen LogP contribution in [0.4, 0.5) is 0 Å². The normalized spacial score (nSPS) is 18.1. The lowest BCUT2D eigenvalue weighted by molar-refractivity contribution is -0.132. The monoisotopic (exact) mass is 489 g/mol. The Hall–Kier alpha value is -2.58. The molecule has 1 amide bonds. The third kappa shape index (κ3) is 6.55. The summed E-state index contributed by atoms with van der Waals surface area (Å²) in [5.41, 5.74) is 4.68. The van der Waals surface area contributed by atoms with E-state index in [-0.39, 0.29) is 5.91 Å². The van der Waals surface area contributed by atoms with Crippen molar-refractivity contribution in [1.29, 1.82) is 0 Å². The third-order valence-electron chi connectivity index (χ3n) is 7.06. The number of carbonyl (C=O) groups is 1. The van der Waals surface area contributed by atoms with Crippen molar-refractivity contribution in [3.63, 3.8) is 0 Å². The minimum Gasteiger partial charge on any atom is -0.340 e. The van der Waals surface area contributed by atoms with Crippen LogP contribution in [0.1, 0.15) is 16.8 Å². The number of benzene rings is 2. The Morgan fingerprint density at radius 3 is 2.06 bits per heavy atom. The summed E-state index contributed by atoms with van der Waals surface area (Å²) in [5, 5.41) is 3.03. The molecule has 0 N–H and O–H groups in total. The van der Waals surface area contributed by atoms with Crippen molar-refractivity contribution in [3.8, 4) is 10.6 Å². The molecule has 184 valence electrons. The molecule has 0 bridgehead atoms. The van der Waals surface area contributed by atoms with E-state index in [9.17, 15) is 4.79 Å². The lowest BCUT2D eigenvalue weighted by atomic mass is 10.1. The van der Waals surface area contributed by atoms with Gasteiger partial charge in [0, 0.05) is 76.4 Å². The van der Waals surface area contributed by atoms with Crippen LogP contribution in [0.3, 0.4) is 0 Å². The van der Waals surface area contributed by atoms with Crippen molar-refractivity contribution in [2.75, 3.05) is 59.4 Å². The van der Waals surface area contributed by atoms with E-state index >= 15 is 0 Å². The molecule has 0 spiro atoms. The van der Waals surface area contributed by atoms with Gasteiger partial charge in [-0.25, -0.2) is 4.98 Å². The van der Waals surface area contributed by atoms with Gasteiger partial charge in [0.1, 0.15) is 5.01 Å². The number of carbonyl (C=O) groups excluding carboxylic acids is 1. The molecule has 3 aromatic rings. The van der Waals surface area contributed by atoms with Crippen LogP contribution in [-0.4, -0.2) is 89.9 Å². The zero-order chi connectivity index (χ0) is 24.0. The van der Waals surface area contributed by atoms with Crippen LogP contribution in [0, 0.1) is 0 Å². The highest BCUT2D eigenvalue weighted by Gasteiger charge is 2.22. The Morgan fingerprint density at radius 2 is 1.40 bits per heavy atom. The second-order valence-electron chi connectivity index (χ2n) is 9.74. The van der Waals surface area contributed by atoms with Crippen LogP contribution in [-0.2, 0) is 24.3 Å². The molecule has 35 heavy (non-hydrogen) atoms. The van der Waals surface area contributed by atoms with Crippen molar-refractivity contribution < 1.29 is 4.79 Å². The number of hydrogen-bond donors (Lipinski definition) is 0. The van der Waals surface area contributed by atoms with Gasteiger partial charge in [0.15, 0.2) is 0 Å². The second kappa shape index (κ2) is 11.4. The molecule has 1 aromatic heterocycles. The molecule has 5 rings (SSSR count). The van der Waals surface area contributed by atoms with Crippen molar-refractivity contribution in [2.24, 2.45) is 0 Å². The number of rotatable bonds is 7. The number of amides is 1. The highest BCUT2D eigenvalue weighted by atomic mass is 32.1. The number of piperazine rings is 2. The maximum atomic E-state index is 12.9. The summed E-state index contributed by atoms with van der Waals surface area (Å²) in [6, 6.07) is 19.3. The van der Waals surface area contributed by atoms with Crippen molar-refractivity contribution in [1.82, 2.24) is 24.6 Å². The van der Waals surface area contributed by atoms with Gasteiger partial charge in [-0.1, -0.05) is 54.6 Å². The summed E-state index contributed by atoms with van der Waals surface area (Å²) in [6.45, 7) is 9.91. The van der Waals surface area contributed by atoms with Gasteiger partial charge in [-0.15, -0.1) is 11.3 Å². The lowest BCUT2D eigenvalue weighted by Gasteiger charge is -2.34. The minimum absolute atomic E-state index is 0.184. The first-order chi connectivity index (χ1) is 17.1. The largest absolute Gasteiger partial charge is 0.340 e. The quantitative estimate of drug-likeness (QED) is 0.509. The zero-order valence-electron chi connectivity index (χ0n) is 20.6. The molecule has 2 aromatic carbocycles. The molecule has 7 heteroatoms.